The van der Waals surface area contributed by atoms with Crippen molar-refractivity contribution in [2.45, 2.75) is 56.6 Å². The highest BCUT2D eigenvalue weighted by atomic mass is 32.2. The van der Waals surface area contributed by atoms with Crippen LogP contribution in [0.3, 0.4) is 0 Å². The van der Waals surface area contributed by atoms with Crippen molar-refractivity contribution in [2.75, 3.05) is 5.75 Å². The fraction of sp³-hybridized carbons (Fsp3) is 0.600. The summed E-state index contributed by atoms with van der Waals surface area (Å²) in [6.07, 6.45) is 2.25. The van der Waals surface area contributed by atoms with E-state index in [1.54, 1.807) is 12.1 Å². The molecule has 1 aromatic rings. The summed E-state index contributed by atoms with van der Waals surface area (Å²) in [5.41, 5.74) is 1.71. The molecule has 0 unspecified atom stereocenters. The van der Waals surface area contributed by atoms with Gasteiger partial charge in [0.05, 0.1) is 4.90 Å². The van der Waals surface area contributed by atoms with Crippen molar-refractivity contribution in [2.24, 2.45) is 5.14 Å². The minimum Gasteiger partial charge on any atom is -0.259 e. The first-order chi connectivity index (χ1) is 9.53. The summed E-state index contributed by atoms with van der Waals surface area (Å²) in [4.78, 5) is 0.208. The van der Waals surface area contributed by atoms with Crippen LogP contribution in [-0.4, -0.2) is 23.1 Å². The average Bonchev–Trinajstić information content (AvgIpc) is 2.33. The number of benzene rings is 1. The molecule has 0 saturated heterocycles. The fourth-order valence-electron chi connectivity index (χ4n) is 2.10. The molecule has 0 aliphatic heterocycles. The Morgan fingerprint density at radius 2 is 1.81 bits per heavy atom. The van der Waals surface area contributed by atoms with Gasteiger partial charge in [0.1, 0.15) is 0 Å². The first-order valence-corrected chi connectivity index (χ1v) is 9.90. The maximum atomic E-state index is 12.0. The van der Waals surface area contributed by atoms with Gasteiger partial charge in [-0.25, -0.2) is 13.6 Å². The Bertz CT molecular complexity index is 616. The highest BCUT2D eigenvalue weighted by Crippen LogP contribution is 2.21. The van der Waals surface area contributed by atoms with E-state index in [9.17, 15) is 12.6 Å². The number of aryl methyl sites for hydroxylation is 1. The molecule has 0 amide bonds. The molecule has 0 aliphatic rings. The van der Waals surface area contributed by atoms with Crippen LogP contribution >= 0.6 is 0 Å². The van der Waals surface area contributed by atoms with Crippen LogP contribution in [0.5, 0.6) is 0 Å². The number of hydrogen-bond donors (Lipinski definition) is 1. The number of rotatable bonds is 6. The van der Waals surface area contributed by atoms with Crippen LogP contribution in [0.15, 0.2) is 23.1 Å². The molecule has 1 atom stereocenters. The minimum absolute atomic E-state index is 0.200. The Labute approximate surface area is 130 Å². The third kappa shape index (κ3) is 5.52. The van der Waals surface area contributed by atoms with E-state index < -0.39 is 20.8 Å². The van der Waals surface area contributed by atoms with Crippen LogP contribution in [-0.2, 0) is 27.2 Å². The lowest BCUT2D eigenvalue weighted by atomic mass is 10.0. The zero-order valence-electron chi connectivity index (χ0n) is 13.2. The average molecular weight is 332 g/mol. The van der Waals surface area contributed by atoms with Gasteiger partial charge in [0, 0.05) is 21.3 Å². The quantitative estimate of drug-likeness (QED) is 0.814. The predicted octanol–water partition coefficient (Wildman–Crippen LogP) is 2.51. The molecule has 0 saturated carbocycles. The van der Waals surface area contributed by atoms with Gasteiger partial charge >= 0.3 is 0 Å². The standard InChI is InChI=1S/C15H25NO3S2/c1-12-8-7-10-14(21(16,18)19)13(12)9-5-6-11-20(17)15(2,3)4/h7-8,10H,5-6,9,11H2,1-4H3,(H2,16,18,19)/t20-/m1/s1. The van der Waals surface area contributed by atoms with Gasteiger partial charge in [0.2, 0.25) is 10.0 Å². The summed E-state index contributed by atoms with van der Waals surface area (Å²) < 4.78 is 35.0. The van der Waals surface area contributed by atoms with Crippen LogP contribution in [0, 0.1) is 6.92 Å². The lowest BCUT2D eigenvalue weighted by Crippen LogP contribution is -2.24. The molecule has 21 heavy (non-hydrogen) atoms. The Balaban J connectivity index is 2.71. The molecule has 0 spiro atoms. The van der Waals surface area contributed by atoms with E-state index in [0.717, 1.165) is 24.0 Å². The molecule has 0 heterocycles. The van der Waals surface area contributed by atoms with Gasteiger partial charge < -0.3 is 0 Å². The van der Waals surface area contributed by atoms with Gasteiger partial charge in [0.15, 0.2) is 0 Å². The van der Waals surface area contributed by atoms with E-state index in [-0.39, 0.29) is 9.64 Å². The molecule has 1 aromatic carbocycles. The number of sulfonamides is 1. The summed E-state index contributed by atoms with van der Waals surface area (Å²) in [6, 6.07) is 5.13. The smallest absolute Gasteiger partial charge is 0.238 e. The molecule has 120 valence electrons. The molecular weight excluding hydrogens is 306 g/mol. The summed E-state index contributed by atoms with van der Waals surface area (Å²) in [6.45, 7) is 7.77. The third-order valence-electron chi connectivity index (χ3n) is 3.36. The second-order valence-corrected chi connectivity index (χ2v) is 10.1. The van der Waals surface area contributed by atoms with Gasteiger partial charge in [-0.2, -0.15) is 0 Å². The second-order valence-electron chi connectivity index (χ2n) is 6.22. The molecule has 2 N–H and O–H groups in total. The monoisotopic (exact) mass is 331 g/mol. The van der Waals surface area contributed by atoms with Crippen molar-refractivity contribution in [3.63, 3.8) is 0 Å². The predicted molar refractivity (Wildman–Crippen MR) is 88.3 cm³/mol. The van der Waals surface area contributed by atoms with Crippen LogP contribution < -0.4 is 5.14 Å². The van der Waals surface area contributed by atoms with Crippen LogP contribution in [0.1, 0.15) is 44.7 Å². The molecule has 1 rings (SSSR count). The Morgan fingerprint density at radius 3 is 2.33 bits per heavy atom. The molecule has 0 aliphatic carbocycles. The molecule has 6 heteroatoms. The number of nitrogens with two attached hydrogens (primary N) is 1. The van der Waals surface area contributed by atoms with Crippen molar-refractivity contribution < 1.29 is 12.6 Å². The Kier molecular flexibility index (Phi) is 6.13. The van der Waals surface area contributed by atoms with Gasteiger partial charge in [-0.1, -0.05) is 12.1 Å². The van der Waals surface area contributed by atoms with E-state index in [1.165, 1.54) is 0 Å². The molecule has 0 radical (unpaired) electrons. The normalized spacial score (nSPS) is 14.1. The van der Waals surface area contributed by atoms with E-state index in [2.05, 4.69) is 0 Å². The highest BCUT2D eigenvalue weighted by molar-refractivity contribution is 7.89. The summed E-state index contributed by atoms with van der Waals surface area (Å²) in [5, 5.41) is 5.26. The summed E-state index contributed by atoms with van der Waals surface area (Å²) in [5.74, 6) is 0.639. The topological polar surface area (TPSA) is 77.2 Å². The highest BCUT2D eigenvalue weighted by Gasteiger charge is 2.19. The maximum Gasteiger partial charge on any atom is 0.238 e. The van der Waals surface area contributed by atoms with E-state index in [1.807, 2.05) is 33.8 Å². The van der Waals surface area contributed by atoms with Gasteiger partial charge in [-0.3, -0.25) is 4.21 Å². The van der Waals surface area contributed by atoms with Gasteiger partial charge in [-0.05, 0) is 64.2 Å². The van der Waals surface area contributed by atoms with E-state index in [0.29, 0.717) is 12.2 Å². The van der Waals surface area contributed by atoms with E-state index >= 15 is 0 Å². The molecular formula is C15H25NO3S2. The third-order valence-corrected chi connectivity index (χ3v) is 6.38. The van der Waals surface area contributed by atoms with Gasteiger partial charge in [0.25, 0.3) is 0 Å². The molecule has 0 bridgehead atoms. The first-order valence-electron chi connectivity index (χ1n) is 7.03. The minimum atomic E-state index is -3.69. The lowest BCUT2D eigenvalue weighted by Gasteiger charge is -2.17. The number of hydrogen-bond acceptors (Lipinski definition) is 3. The zero-order chi connectivity index (χ0) is 16.3. The molecule has 0 aromatic heterocycles. The van der Waals surface area contributed by atoms with Crippen LogP contribution in [0.4, 0.5) is 0 Å². The number of unbranched alkanes of at least 4 members (excludes halogenated alkanes) is 1. The van der Waals surface area contributed by atoms with Crippen molar-refractivity contribution in [3.8, 4) is 0 Å². The number of primary sulfonamides is 1. The lowest BCUT2D eigenvalue weighted by molar-refractivity contribution is 0.595. The Hall–Kier alpha value is -0.720. The fourth-order valence-corrected chi connectivity index (χ4v) is 4.06. The Morgan fingerprint density at radius 1 is 1.19 bits per heavy atom. The van der Waals surface area contributed by atoms with Crippen LogP contribution in [0.25, 0.3) is 0 Å². The molecule has 4 nitrogen and oxygen atoms in total. The first kappa shape index (κ1) is 18.3. The zero-order valence-corrected chi connectivity index (χ0v) is 14.8. The largest absolute Gasteiger partial charge is 0.259 e. The van der Waals surface area contributed by atoms with Crippen molar-refractivity contribution in [3.05, 3.63) is 29.3 Å². The van der Waals surface area contributed by atoms with E-state index in [4.69, 9.17) is 5.14 Å². The van der Waals surface area contributed by atoms with Crippen LogP contribution in [0.2, 0.25) is 0 Å². The summed E-state index contributed by atoms with van der Waals surface area (Å²) >= 11 is 0. The van der Waals surface area contributed by atoms with Crippen molar-refractivity contribution >= 4 is 20.8 Å². The second kappa shape index (κ2) is 7.03. The summed E-state index contributed by atoms with van der Waals surface area (Å²) in [7, 11) is -4.56. The van der Waals surface area contributed by atoms with Gasteiger partial charge in [-0.15, -0.1) is 0 Å². The maximum absolute atomic E-state index is 12.0. The molecule has 0 fully saturated rings. The van der Waals surface area contributed by atoms with Crippen molar-refractivity contribution in [1.29, 1.82) is 0 Å². The van der Waals surface area contributed by atoms with Crippen molar-refractivity contribution in [1.82, 2.24) is 0 Å². The SMILES string of the molecule is Cc1cccc(S(N)(=O)=O)c1CCCC[S@@](=O)C(C)(C)C.